The molecule has 0 radical (unpaired) electrons. The maximum Gasteiger partial charge on any atom is 0.315 e. The molecule has 19 heavy (non-hydrogen) atoms. The predicted molar refractivity (Wildman–Crippen MR) is 74.5 cm³/mol. The molecule has 0 unspecified atom stereocenters. The van der Waals surface area contributed by atoms with Crippen molar-refractivity contribution in [1.82, 2.24) is 0 Å². The lowest BCUT2D eigenvalue weighted by Crippen LogP contribution is -2.09. The Balaban J connectivity index is 2.70. The van der Waals surface area contributed by atoms with E-state index >= 15 is 0 Å². The molecular weight excluding hydrogens is 240 g/mol. The summed E-state index contributed by atoms with van der Waals surface area (Å²) in [6.45, 7) is 8.97. The summed E-state index contributed by atoms with van der Waals surface area (Å²) in [5, 5.41) is 0. The zero-order valence-corrected chi connectivity index (χ0v) is 10.9. The van der Waals surface area contributed by atoms with E-state index in [1.807, 2.05) is 31.2 Å². The summed E-state index contributed by atoms with van der Waals surface area (Å²) in [7, 11) is 0. The summed E-state index contributed by atoms with van der Waals surface area (Å²) < 4.78 is 5.10. The lowest BCUT2D eigenvalue weighted by atomic mass is 10.1. The summed E-state index contributed by atoms with van der Waals surface area (Å²) in [6, 6.07) is 7.57. The minimum Gasteiger partial charge on any atom is -0.426 e. The van der Waals surface area contributed by atoms with Crippen LogP contribution < -0.4 is 0 Å². The van der Waals surface area contributed by atoms with Gasteiger partial charge in [-0.15, -0.1) is 0 Å². The zero-order chi connectivity index (χ0) is 14.3. The van der Waals surface area contributed by atoms with Crippen molar-refractivity contribution in [1.29, 1.82) is 0 Å². The topological polar surface area (TPSA) is 43.4 Å². The predicted octanol–water partition coefficient (Wildman–Crippen LogP) is 2.91. The Morgan fingerprint density at radius 1 is 1.32 bits per heavy atom. The van der Waals surface area contributed by atoms with Gasteiger partial charge in [0.25, 0.3) is 0 Å². The molecule has 3 heteroatoms. The number of ether oxygens (including phenoxy) is 1. The van der Waals surface area contributed by atoms with Crippen molar-refractivity contribution in [2.24, 2.45) is 0 Å². The molecule has 0 atom stereocenters. The van der Waals surface area contributed by atoms with Crippen molar-refractivity contribution in [3.63, 3.8) is 0 Å². The molecule has 0 amide bonds. The number of aldehydes is 1. The lowest BCUT2D eigenvalue weighted by molar-refractivity contribution is -0.138. The summed E-state index contributed by atoms with van der Waals surface area (Å²) >= 11 is 0. The van der Waals surface area contributed by atoms with E-state index in [0.29, 0.717) is 6.29 Å². The number of allylic oxidation sites excluding steroid dienone is 3. The standard InChI is InChI=1S/C16H16O3/c1-4-5-15(13(3)11-17)19-16(18)10-14-8-6-12(2)7-9-14/h4-9,11H,1,3,10H2,2H3/b15-5+. The second-order valence-electron chi connectivity index (χ2n) is 4.05. The van der Waals surface area contributed by atoms with E-state index in [9.17, 15) is 9.59 Å². The average Bonchev–Trinajstić information content (AvgIpc) is 2.40. The minimum atomic E-state index is -0.444. The zero-order valence-electron chi connectivity index (χ0n) is 10.9. The molecule has 0 aliphatic heterocycles. The lowest BCUT2D eigenvalue weighted by Gasteiger charge is -2.07. The number of esters is 1. The molecule has 3 nitrogen and oxygen atoms in total. The van der Waals surface area contributed by atoms with Crippen LogP contribution in [0.3, 0.4) is 0 Å². The number of benzene rings is 1. The van der Waals surface area contributed by atoms with Gasteiger partial charge < -0.3 is 4.74 Å². The number of hydrogen-bond donors (Lipinski definition) is 0. The molecule has 98 valence electrons. The molecule has 0 aliphatic carbocycles. The van der Waals surface area contributed by atoms with Crippen molar-refractivity contribution in [2.45, 2.75) is 13.3 Å². The first-order valence-electron chi connectivity index (χ1n) is 5.80. The number of aryl methyl sites for hydroxylation is 1. The molecule has 0 spiro atoms. The van der Waals surface area contributed by atoms with Crippen LogP contribution in [-0.4, -0.2) is 12.3 Å². The Hall–Kier alpha value is -2.42. The molecule has 0 N–H and O–H groups in total. The number of carbonyl (C=O) groups is 2. The monoisotopic (exact) mass is 256 g/mol. The molecule has 1 rings (SSSR count). The number of rotatable bonds is 6. The van der Waals surface area contributed by atoms with Crippen molar-refractivity contribution in [3.05, 3.63) is 72.0 Å². The van der Waals surface area contributed by atoms with Crippen molar-refractivity contribution < 1.29 is 14.3 Å². The van der Waals surface area contributed by atoms with Crippen LogP contribution in [0.1, 0.15) is 11.1 Å². The highest BCUT2D eigenvalue weighted by Crippen LogP contribution is 2.11. The van der Waals surface area contributed by atoms with E-state index in [2.05, 4.69) is 13.2 Å². The van der Waals surface area contributed by atoms with Gasteiger partial charge in [0.05, 0.1) is 6.42 Å². The minimum absolute atomic E-state index is 0.108. The van der Waals surface area contributed by atoms with Crippen LogP contribution >= 0.6 is 0 Å². The Morgan fingerprint density at radius 3 is 2.47 bits per heavy atom. The molecule has 0 aliphatic rings. The van der Waals surface area contributed by atoms with E-state index in [-0.39, 0.29) is 17.8 Å². The summed E-state index contributed by atoms with van der Waals surface area (Å²) in [5.74, 6) is -0.318. The highest BCUT2D eigenvalue weighted by atomic mass is 16.5. The van der Waals surface area contributed by atoms with Crippen LogP contribution in [0, 0.1) is 6.92 Å². The fourth-order valence-electron chi connectivity index (χ4n) is 1.40. The Kier molecular flexibility index (Phi) is 5.48. The molecule has 0 saturated carbocycles. The van der Waals surface area contributed by atoms with E-state index in [1.165, 1.54) is 12.2 Å². The van der Waals surface area contributed by atoms with Gasteiger partial charge in [0.15, 0.2) is 6.29 Å². The van der Waals surface area contributed by atoms with E-state index in [4.69, 9.17) is 4.74 Å². The van der Waals surface area contributed by atoms with Crippen LogP contribution in [0.5, 0.6) is 0 Å². The number of hydrogen-bond acceptors (Lipinski definition) is 3. The molecule has 1 aromatic rings. The van der Waals surface area contributed by atoms with Gasteiger partial charge in [0, 0.05) is 5.57 Å². The Labute approximate surface area is 112 Å². The van der Waals surface area contributed by atoms with E-state index in [0.717, 1.165) is 11.1 Å². The first-order chi connectivity index (χ1) is 9.06. The Morgan fingerprint density at radius 2 is 1.95 bits per heavy atom. The molecule has 0 heterocycles. The molecule has 0 aromatic heterocycles. The van der Waals surface area contributed by atoms with Gasteiger partial charge in [0.1, 0.15) is 5.76 Å². The second kappa shape index (κ2) is 7.11. The second-order valence-corrected chi connectivity index (χ2v) is 4.05. The van der Waals surface area contributed by atoms with Gasteiger partial charge in [-0.25, -0.2) is 0 Å². The normalized spacial score (nSPS) is 10.7. The maximum absolute atomic E-state index is 11.7. The highest BCUT2D eigenvalue weighted by Gasteiger charge is 2.10. The fourth-order valence-corrected chi connectivity index (χ4v) is 1.40. The summed E-state index contributed by atoms with van der Waals surface area (Å²) in [5.41, 5.74) is 2.08. The van der Waals surface area contributed by atoms with Gasteiger partial charge in [-0.1, -0.05) is 49.1 Å². The third-order valence-corrected chi connectivity index (χ3v) is 2.42. The van der Waals surface area contributed by atoms with Gasteiger partial charge in [-0.05, 0) is 18.6 Å². The fraction of sp³-hybridized carbons (Fsp3) is 0.125. The molecule has 0 bridgehead atoms. The smallest absolute Gasteiger partial charge is 0.315 e. The van der Waals surface area contributed by atoms with Crippen LogP contribution in [-0.2, 0) is 20.7 Å². The Bertz CT molecular complexity index is 521. The third-order valence-electron chi connectivity index (χ3n) is 2.42. The molecule has 1 aromatic carbocycles. The molecule has 0 saturated heterocycles. The van der Waals surface area contributed by atoms with Crippen LogP contribution in [0.25, 0.3) is 0 Å². The largest absolute Gasteiger partial charge is 0.426 e. The van der Waals surface area contributed by atoms with Gasteiger partial charge in [-0.3, -0.25) is 9.59 Å². The maximum atomic E-state index is 11.7. The van der Waals surface area contributed by atoms with E-state index < -0.39 is 5.97 Å². The first kappa shape index (κ1) is 14.6. The van der Waals surface area contributed by atoms with Crippen LogP contribution in [0.15, 0.2) is 60.9 Å². The van der Waals surface area contributed by atoms with Gasteiger partial charge >= 0.3 is 5.97 Å². The summed E-state index contributed by atoms with van der Waals surface area (Å²) in [6.07, 6.45) is 3.54. The molecular formula is C16H16O3. The van der Waals surface area contributed by atoms with Crippen molar-refractivity contribution in [3.8, 4) is 0 Å². The third kappa shape index (κ3) is 4.76. The quantitative estimate of drug-likeness (QED) is 0.258. The van der Waals surface area contributed by atoms with Crippen molar-refractivity contribution >= 4 is 12.3 Å². The van der Waals surface area contributed by atoms with Crippen LogP contribution in [0.2, 0.25) is 0 Å². The van der Waals surface area contributed by atoms with Crippen molar-refractivity contribution in [2.75, 3.05) is 0 Å². The SMILES string of the molecule is C=C/C=C(/OC(=O)Cc1ccc(C)cc1)C(=C)C=O. The highest BCUT2D eigenvalue weighted by molar-refractivity contribution is 5.81. The first-order valence-corrected chi connectivity index (χ1v) is 5.80. The number of carbonyl (C=O) groups excluding carboxylic acids is 2. The molecule has 0 fully saturated rings. The summed E-state index contributed by atoms with van der Waals surface area (Å²) in [4.78, 5) is 22.4. The van der Waals surface area contributed by atoms with Gasteiger partial charge in [0.2, 0.25) is 0 Å². The average molecular weight is 256 g/mol. The van der Waals surface area contributed by atoms with E-state index in [1.54, 1.807) is 0 Å². The van der Waals surface area contributed by atoms with Crippen LogP contribution in [0.4, 0.5) is 0 Å². The van der Waals surface area contributed by atoms with Gasteiger partial charge in [-0.2, -0.15) is 0 Å².